The number of hydrogen-bond acceptors (Lipinski definition) is 6. The first-order valence-electron chi connectivity index (χ1n) is 6.13. The van der Waals surface area contributed by atoms with Gasteiger partial charge in [0.25, 0.3) is 0 Å². The zero-order valence-corrected chi connectivity index (χ0v) is 11.3. The monoisotopic (exact) mass is 266 g/mol. The standard InChI is InChI=1S/C12H18N4O3/c1-12(2)8-13-6-7-15(12)11-9(16(17)18)4-5-10(14-11)19-3/h4-5,13H,6-8H2,1-3H3. The molecule has 0 spiro atoms. The molecule has 1 N–H and O–H groups in total. The Bertz CT molecular complexity index is 490. The van der Waals surface area contributed by atoms with Gasteiger partial charge in [-0.25, -0.2) is 0 Å². The van der Waals surface area contributed by atoms with Gasteiger partial charge in [-0.2, -0.15) is 4.98 Å². The van der Waals surface area contributed by atoms with Gasteiger partial charge in [0.2, 0.25) is 11.7 Å². The number of rotatable bonds is 3. The first kappa shape index (κ1) is 13.5. The van der Waals surface area contributed by atoms with E-state index >= 15 is 0 Å². The molecule has 1 fully saturated rings. The van der Waals surface area contributed by atoms with Crippen LogP contribution < -0.4 is 15.0 Å². The Morgan fingerprint density at radius 3 is 2.84 bits per heavy atom. The highest BCUT2D eigenvalue weighted by molar-refractivity contribution is 5.60. The van der Waals surface area contributed by atoms with Gasteiger partial charge in [0.1, 0.15) is 0 Å². The number of hydrogen-bond donors (Lipinski definition) is 1. The Morgan fingerprint density at radius 2 is 2.26 bits per heavy atom. The maximum atomic E-state index is 11.2. The topological polar surface area (TPSA) is 80.5 Å². The number of aromatic nitrogens is 1. The molecule has 1 saturated heterocycles. The molecule has 1 aliphatic heterocycles. The number of nitrogens with one attached hydrogen (secondary N) is 1. The molecule has 2 rings (SSSR count). The van der Waals surface area contributed by atoms with Gasteiger partial charge >= 0.3 is 5.69 Å². The van der Waals surface area contributed by atoms with E-state index in [1.54, 1.807) is 0 Å². The molecule has 1 aliphatic rings. The van der Waals surface area contributed by atoms with E-state index in [-0.39, 0.29) is 11.2 Å². The highest BCUT2D eigenvalue weighted by Crippen LogP contribution is 2.33. The normalized spacial score (nSPS) is 18.2. The Kier molecular flexibility index (Phi) is 3.57. The molecule has 2 heterocycles. The molecule has 19 heavy (non-hydrogen) atoms. The molecule has 0 amide bonds. The molecule has 0 atom stereocenters. The Hall–Kier alpha value is -1.89. The fourth-order valence-corrected chi connectivity index (χ4v) is 2.25. The second-order valence-corrected chi connectivity index (χ2v) is 5.09. The largest absolute Gasteiger partial charge is 0.481 e. The maximum absolute atomic E-state index is 11.2. The minimum Gasteiger partial charge on any atom is -0.481 e. The fraction of sp³-hybridized carbons (Fsp3) is 0.583. The second-order valence-electron chi connectivity index (χ2n) is 5.09. The van der Waals surface area contributed by atoms with Crippen LogP contribution in [0.1, 0.15) is 13.8 Å². The molecular weight excluding hydrogens is 248 g/mol. The Balaban J connectivity index is 2.49. The first-order chi connectivity index (χ1) is 8.95. The van der Waals surface area contributed by atoms with Crippen molar-refractivity contribution in [1.82, 2.24) is 10.3 Å². The Morgan fingerprint density at radius 1 is 1.53 bits per heavy atom. The molecule has 0 bridgehead atoms. The van der Waals surface area contributed by atoms with Gasteiger partial charge in [-0.3, -0.25) is 10.1 Å². The number of pyridine rings is 1. The molecule has 1 aromatic rings. The summed E-state index contributed by atoms with van der Waals surface area (Å²) in [5.74, 6) is 0.755. The zero-order chi connectivity index (χ0) is 14.0. The van der Waals surface area contributed by atoms with Crippen molar-refractivity contribution >= 4 is 11.5 Å². The van der Waals surface area contributed by atoms with Crippen molar-refractivity contribution in [3.05, 3.63) is 22.2 Å². The lowest BCUT2D eigenvalue weighted by Crippen LogP contribution is -2.58. The van der Waals surface area contributed by atoms with Crippen LogP contribution in [0.5, 0.6) is 5.88 Å². The molecule has 0 unspecified atom stereocenters. The van der Waals surface area contributed by atoms with Crippen LogP contribution >= 0.6 is 0 Å². The highest BCUT2D eigenvalue weighted by atomic mass is 16.6. The van der Waals surface area contributed by atoms with E-state index in [9.17, 15) is 10.1 Å². The summed E-state index contributed by atoms with van der Waals surface area (Å²) in [5.41, 5.74) is -0.224. The number of nitro groups is 1. The molecular formula is C12H18N4O3. The summed E-state index contributed by atoms with van der Waals surface area (Å²) in [6, 6.07) is 2.95. The molecule has 7 nitrogen and oxygen atoms in total. The van der Waals surface area contributed by atoms with Crippen LogP contribution in [0.4, 0.5) is 11.5 Å². The van der Waals surface area contributed by atoms with Crippen LogP contribution in [0.2, 0.25) is 0 Å². The van der Waals surface area contributed by atoms with Gasteiger partial charge in [0.05, 0.1) is 12.0 Å². The van der Waals surface area contributed by atoms with Crippen LogP contribution in [-0.2, 0) is 0 Å². The Labute approximate surface area is 111 Å². The van der Waals surface area contributed by atoms with Gasteiger partial charge < -0.3 is 15.0 Å². The summed E-state index contributed by atoms with van der Waals surface area (Å²) < 4.78 is 5.07. The van der Waals surface area contributed by atoms with Crippen LogP contribution in [-0.4, -0.2) is 42.2 Å². The molecule has 0 aromatic carbocycles. The van der Waals surface area contributed by atoms with Crippen molar-refractivity contribution < 1.29 is 9.66 Å². The molecule has 0 radical (unpaired) electrons. The summed E-state index contributed by atoms with van der Waals surface area (Å²) >= 11 is 0. The molecule has 7 heteroatoms. The minimum atomic E-state index is -0.403. The second kappa shape index (κ2) is 5.00. The average molecular weight is 266 g/mol. The minimum absolute atomic E-state index is 0.00998. The van der Waals surface area contributed by atoms with Gasteiger partial charge in [0, 0.05) is 37.3 Å². The summed E-state index contributed by atoms with van der Waals surface area (Å²) in [5, 5.41) is 14.4. The highest BCUT2D eigenvalue weighted by Gasteiger charge is 2.35. The number of nitrogens with zero attached hydrogens (tertiary/aromatic N) is 3. The molecule has 1 aromatic heterocycles. The van der Waals surface area contributed by atoms with E-state index in [4.69, 9.17) is 4.74 Å². The van der Waals surface area contributed by atoms with Crippen LogP contribution in [0.3, 0.4) is 0 Å². The average Bonchev–Trinajstić information content (AvgIpc) is 2.37. The van der Waals surface area contributed by atoms with Gasteiger partial charge in [-0.15, -0.1) is 0 Å². The van der Waals surface area contributed by atoms with E-state index in [1.165, 1.54) is 19.2 Å². The van der Waals surface area contributed by atoms with Crippen molar-refractivity contribution in [3.8, 4) is 5.88 Å². The lowest BCUT2D eigenvalue weighted by molar-refractivity contribution is -0.384. The van der Waals surface area contributed by atoms with E-state index in [0.717, 1.165) is 13.1 Å². The van der Waals surface area contributed by atoms with E-state index in [0.29, 0.717) is 18.2 Å². The van der Waals surface area contributed by atoms with E-state index in [2.05, 4.69) is 10.3 Å². The SMILES string of the molecule is COc1ccc([N+](=O)[O-])c(N2CCNCC2(C)C)n1. The lowest BCUT2D eigenvalue weighted by atomic mass is 10.00. The molecule has 0 saturated carbocycles. The summed E-state index contributed by atoms with van der Waals surface area (Å²) in [7, 11) is 1.50. The molecule has 0 aliphatic carbocycles. The first-order valence-corrected chi connectivity index (χ1v) is 6.13. The number of anilines is 1. The summed E-state index contributed by atoms with van der Waals surface area (Å²) in [6.45, 7) is 6.27. The number of piperazine rings is 1. The van der Waals surface area contributed by atoms with E-state index in [1.807, 2.05) is 18.7 Å². The summed E-state index contributed by atoms with van der Waals surface area (Å²) in [4.78, 5) is 17.0. The van der Waals surface area contributed by atoms with Crippen LogP contribution in [0.25, 0.3) is 0 Å². The van der Waals surface area contributed by atoms with Crippen LogP contribution in [0, 0.1) is 10.1 Å². The van der Waals surface area contributed by atoms with Gasteiger partial charge in [0.15, 0.2) is 0 Å². The third-order valence-corrected chi connectivity index (χ3v) is 3.29. The van der Waals surface area contributed by atoms with Gasteiger partial charge in [-0.1, -0.05) is 0 Å². The number of ether oxygens (including phenoxy) is 1. The van der Waals surface area contributed by atoms with Crippen molar-refractivity contribution in [2.45, 2.75) is 19.4 Å². The smallest absolute Gasteiger partial charge is 0.311 e. The third-order valence-electron chi connectivity index (χ3n) is 3.29. The summed E-state index contributed by atoms with van der Waals surface area (Å²) in [6.07, 6.45) is 0. The quantitative estimate of drug-likeness (QED) is 0.653. The van der Waals surface area contributed by atoms with Crippen molar-refractivity contribution in [2.24, 2.45) is 0 Å². The number of methoxy groups -OCH3 is 1. The predicted octanol–water partition coefficient (Wildman–Crippen LogP) is 1.19. The fourth-order valence-electron chi connectivity index (χ4n) is 2.25. The predicted molar refractivity (Wildman–Crippen MR) is 71.7 cm³/mol. The maximum Gasteiger partial charge on any atom is 0.311 e. The third kappa shape index (κ3) is 2.60. The van der Waals surface area contributed by atoms with E-state index < -0.39 is 4.92 Å². The lowest BCUT2D eigenvalue weighted by Gasteiger charge is -2.43. The van der Waals surface area contributed by atoms with Crippen LogP contribution in [0.15, 0.2) is 12.1 Å². The molecule has 104 valence electrons. The van der Waals surface area contributed by atoms with Crippen molar-refractivity contribution in [2.75, 3.05) is 31.6 Å². The van der Waals surface area contributed by atoms with Gasteiger partial charge in [-0.05, 0) is 13.8 Å². The van der Waals surface area contributed by atoms with Crippen molar-refractivity contribution in [1.29, 1.82) is 0 Å². The van der Waals surface area contributed by atoms with Crippen molar-refractivity contribution in [3.63, 3.8) is 0 Å². The zero-order valence-electron chi connectivity index (χ0n) is 11.3.